The summed E-state index contributed by atoms with van der Waals surface area (Å²) in [4.78, 5) is 0. The van der Waals surface area contributed by atoms with E-state index in [2.05, 4.69) is 85.8 Å². The summed E-state index contributed by atoms with van der Waals surface area (Å²) >= 11 is 0. The first kappa shape index (κ1) is 23.5. The summed E-state index contributed by atoms with van der Waals surface area (Å²) in [6.07, 6.45) is 0. The summed E-state index contributed by atoms with van der Waals surface area (Å²) in [5.41, 5.74) is 1.33. The quantitative estimate of drug-likeness (QED) is 0.238. The molecule has 172 valence electrons. The normalized spacial score (nSPS) is 12.4. The molecule has 0 amide bonds. The van der Waals surface area contributed by atoms with E-state index in [4.69, 9.17) is 0 Å². The predicted molar refractivity (Wildman–Crippen MR) is 153 cm³/mol. The number of benzene rings is 5. The van der Waals surface area contributed by atoms with E-state index in [0.29, 0.717) is 0 Å². The molecule has 0 heterocycles. The Hall–Kier alpha value is -3.24. The van der Waals surface area contributed by atoms with Crippen molar-refractivity contribution >= 4 is 41.6 Å². The van der Waals surface area contributed by atoms with Crippen LogP contribution < -0.4 is 26.5 Å². The van der Waals surface area contributed by atoms with Crippen molar-refractivity contribution in [2.75, 3.05) is 0 Å². The SMILES string of the molecule is C[C@H](c1ccccc1P(=O)(c1ccccc1)c1ccccc1)P(c1ccccc1)c1ccccc1. The highest BCUT2D eigenvalue weighted by atomic mass is 31.2. The molecule has 0 N–H and O–H groups in total. The molecule has 5 rings (SSSR count). The van der Waals surface area contributed by atoms with Crippen LogP contribution in [0.4, 0.5) is 0 Å². The van der Waals surface area contributed by atoms with Gasteiger partial charge in [-0.15, -0.1) is 0 Å². The number of hydrogen-bond acceptors (Lipinski definition) is 1. The van der Waals surface area contributed by atoms with Gasteiger partial charge in [0.1, 0.15) is 0 Å². The second-order valence-electron chi connectivity index (χ2n) is 8.56. The molecular weight excluding hydrogens is 462 g/mol. The van der Waals surface area contributed by atoms with Crippen LogP contribution in [0.15, 0.2) is 146 Å². The average molecular weight is 491 g/mol. The third kappa shape index (κ3) is 4.68. The van der Waals surface area contributed by atoms with Crippen molar-refractivity contribution in [2.45, 2.75) is 12.6 Å². The van der Waals surface area contributed by atoms with Crippen molar-refractivity contribution in [3.05, 3.63) is 151 Å². The standard InChI is InChI=1S/C32H28OP2/c1-26(34(27-16-6-2-7-17-27)28-18-8-3-9-19-28)31-24-14-15-25-32(31)35(33,29-20-10-4-11-21-29)30-22-12-5-13-23-30/h2-26H,1H3/t26-/m1/s1. The zero-order chi connectivity index (χ0) is 24.1. The van der Waals surface area contributed by atoms with Crippen LogP contribution in [0.5, 0.6) is 0 Å². The Bertz CT molecular complexity index is 1340. The highest BCUT2D eigenvalue weighted by Crippen LogP contribution is 2.52. The van der Waals surface area contributed by atoms with Crippen LogP contribution in [0.1, 0.15) is 18.1 Å². The maximum atomic E-state index is 15.2. The van der Waals surface area contributed by atoms with Crippen LogP contribution >= 0.6 is 15.1 Å². The first-order chi connectivity index (χ1) is 17.2. The highest BCUT2D eigenvalue weighted by Gasteiger charge is 2.34. The summed E-state index contributed by atoms with van der Waals surface area (Å²) in [7, 11) is -3.79. The lowest BCUT2D eigenvalue weighted by Crippen LogP contribution is -2.29. The number of hydrogen-bond donors (Lipinski definition) is 0. The fraction of sp³-hybridized carbons (Fsp3) is 0.0625. The van der Waals surface area contributed by atoms with Gasteiger partial charge in [0.25, 0.3) is 0 Å². The van der Waals surface area contributed by atoms with Crippen LogP contribution in [0, 0.1) is 0 Å². The lowest BCUT2D eigenvalue weighted by Gasteiger charge is -2.30. The maximum Gasteiger partial charge on any atom is 0.171 e. The van der Waals surface area contributed by atoms with Gasteiger partial charge in [-0.1, -0.05) is 153 Å². The Labute approximate surface area is 209 Å². The smallest absolute Gasteiger partial charge is 0.171 e. The topological polar surface area (TPSA) is 17.1 Å². The van der Waals surface area contributed by atoms with Crippen LogP contribution in [-0.2, 0) is 4.57 Å². The van der Waals surface area contributed by atoms with Crippen LogP contribution in [-0.4, -0.2) is 0 Å². The van der Waals surface area contributed by atoms with Gasteiger partial charge in [-0.2, -0.15) is 0 Å². The third-order valence-corrected chi connectivity index (χ3v) is 12.3. The molecule has 5 aromatic rings. The Balaban J connectivity index is 1.72. The minimum atomic E-state index is -3.08. The van der Waals surface area contributed by atoms with Crippen molar-refractivity contribution in [1.82, 2.24) is 0 Å². The van der Waals surface area contributed by atoms with Crippen molar-refractivity contribution < 1.29 is 4.57 Å². The highest BCUT2D eigenvalue weighted by molar-refractivity contribution is 7.85. The molecule has 1 atom stereocenters. The first-order valence-corrected chi connectivity index (χ1v) is 15.0. The molecule has 0 aromatic heterocycles. The second-order valence-corrected chi connectivity index (χ2v) is 13.8. The molecule has 1 nitrogen and oxygen atoms in total. The molecular formula is C32H28OP2. The predicted octanol–water partition coefficient (Wildman–Crippen LogP) is 6.52. The average Bonchev–Trinajstić information content (AvgIpc) is 2.95. The first-order valence-electron chi connectivity index (χ1n) is 11.9. The summed E-state index contributed by atoms with van der Waals surface area (Å²) < 4.78 is 15.2. The summed E-state index contributed by atoms with van der Waals surface area (Å²) in [6, 6.07) is 49.8. The molecule has 0 aliphatic carbocycles. The van der Waals surface area contributed by atoms with Crippen molar-refractivity contribution in [1.29, 1.82) is 0 Å². The van der Waals surface area contributed by atoms with Gasteiger partial charge >= 0.3 is 0 Å². The molecule has 0 aliphatic rings. The minimum Gasteiger partial charge on any atom is -0.309 e. The molecule has 0 radical (unpaired) electrons. The van der Waals surface area contributed by atoms with Crippen molar-refractivity contribution in [2.24, 2.45) is 0 Å². The van der Waals surface area contributed by atoms with E-state index >= 15 is 4.57 Å². The second kappa shape index (κ2) is 10.6. The Morgan fingerprint density at radius 1 is 0.514 bits per heavy atom. The van der Waals surface area contributed by atoms with Crippen molar-refractivity contribution in [3.8, 4) is 0 Å². The monoisotopic (exact) mass is 490 g/mol. The van der Waals surface area contributed by atoms with Crippen LogP contribution in [0.25, 0.3) is 0 Å². The third-order valence-electron chi connectivity index (χ3n) is 6.42. The molecule has 0 fully saturated rings. The minimum absolute atomic E-state index is 0.173. The van der Waals surface area contributed by atoms with Gasteiger partial charge in [-0.25, -0.2) is 0 Å². The van der Waals surface area contributed by atoms with Gasteiger partial charge in [0.05, 0.1) is 0 Å². The molecule has 35 heavy (non-hydrogen) atoms. The molecule has 0 saturated carbocycles. The summed E-state index contributed by atoms with van der Waals surface area (Å²) in [5.74, 6) is 0. The van der Waals surface area contributed by atoms with Crippen molar-refractivity contribution in [3.63, 3.8) is 0 Å². The van der Waals surface area contributed by atoms with E-state index in [1.165, 1.54) is 10.6 Å². The van der Waals surface area contributed by atoms with Crippen LogP contribution in [0.2, 0.25) is 0 Å². The molecule has 0 aliphatic heterocycles. The summed E-state index contributed by atoms with van der Waals surface area (Å²) in [6.45, 7) is 2.30. The fourth-order valence-electron chi connectivity index (χ4n) is 4.74. The Morgan fingerprint density at radius 2 is 0.886 bits per heavy atom. The zero-order valence-corrected chi connectivity index (χ0v) is 21.5. The van der Waals surface area contributed by atoms with Gasteiger partial charge in [0.15, 0.2) is 7.14 Å². The Kier molecular flexibility index (Phi) is 7.10. The van der Waals surface area contributed by atoms with Crippen LogP contribution in [0.3, 0.4) is 0 Å². The molecule has 3 heteroatoms. The summed E-state index contributed by atoms with van der Waals surface area (Å²) in [5, 5.41) is 5.32. The Morgan fingerprint density at radius 3 is 1.34 bits per heavy atom. The molecule has 5 aromatic carbocycles. The largest absolute Gasteiger partial charge is 0.309 e. The fourth-order valence-corrected chi connectivity index (χ4v) is 10.5. The van der Waals surface area contributed by atoms with E-state index < -0.39 is 15.1 Å². The van der Waals surface area contributed by atoms with Gasteiger partial charge in [0, 0.05) is 21.6 Å². The van der Waals surface area contributed by atoms with E-state index in [-0.39, 0.29) is 5.66 Å². The molecule has 0 saturated heterocycles. The lowest BCUT2D eigenvalue weighted by atomic mass is 10.2. The number of rotatable bonds is 7. The van der Waals surface area contributed by atoms with Gasteiger partial charge in [0.2, 0.25) is 0 Å². The zero-order valence-electron chi connectivity index (χ0n) is 19.7. The maximum absolute atomic E-state index is 15.2. The lowest BCUT2D eigenvalue weighted by molar-refractivity contribution is 0.592. The van der Waals surface area contributed by atoms with Gasteiger partial charge in [-0.3, -0.25) is 0 Å². The molecule has 0 spiro atoms. The molecule has 0 bridgehead atoms. The van der Waals surface area contributed by atoms with E-state index in [1.54, 1.807) is 0 Å². The van der Waals surface area contributed by atoms with Gasteiger partial charge < -0.3 is 4.57 Å². The van der Waals surface area contributed by atoms with E-state index in [0.717, 1.165) is 21.5 Å². The molecule has 0 unspecified atom stereocenters. The van der Waals surface area contributed by atoms with E-state index in [1.807, 2.05) is 66.7 Å². The van der Waals surface area contributed by atoms with Gasteiger partial charge in [-0.05, 0) is 24.1 Å². The van der Waals surface area contributed by atoms with E-state index in [9.17, 15) is 0 Å².